The molecule has 2 fully saturated rings. The first-order chi connectivity index (χ1) is 8.33. The van der Waals surface area contributed by atoms with E-state index in [1.807, 2.05) is 0 Å². The second kappa shape index (κ2) is 4.74. The quantitative estimate of drug-likeness (QED) is 0.845. The van der Waals surface area contributed by atoms with Crippen LogP contribution in [-0.4, -0.2) is 41.2 Å². The van der Waals surface area contributed by atoms with Crippen LogP contribution in [0.15, 0.2) is 4.52 Å². The molecule has 0 radical (unpaired) electrons. The number of nitrogens with one attached hydrogen (secondary N) is 1. The third kappa shape index (κ3) is 2.66. The maximum absolute atomic E-state index is 5.37. The molecule has 0 aromatic carbocycles. The fraction of sp³-hybridized carbons (Fsp3) is 0.833. The maximum Gasteiger partial charge on any atom is 0.229 e. The van der Waals surface area contributed by atoms with E-state index in [2.05, 4.69) is 27.3 Å². The van der Waals surface area contributed by atoms with Crippen LogP contribution in [0.25, 0.3) is 0 Å². The van der Waals surface area contributed by atoms with Crippen molar-refractivity contribution in [2.75, 3.05) is 26.2 Å². The van der Waals surface area contributed by atoms with E-state index in [4.69, 9.17) is 4.52 Å². The summed E-state index contributed by atoms with van der Waals surface area (Å²) < 4.78 is 5.37. The van der Waals surface area contributed by atoms with E-state index >= 15 is 0 Å². The smallest absolute Gasteiger partial charge is 0.229 e. The van der Waals surface area contributed by atoms with Gasteiger partial charge in [0.2, 0.25) is 5.89 Å². The molecular formula is C12H20N4O. The lowest BCUT2D eigenvalue weighted by Gasteiger charge is -2.25. The molecule has 2 aliphatic rings. The largest absolute Gasteiger partial charge is 0.339 e. The maximum atomic E-state index is 5.37. The van der Waals surface area contributed by atoms with Crippen molar-refractivity contribution in [3.63, 3.8) is 0 Å². The number of hydrogen-bond acceptors (Lipinski definition) is 5. The predicted octanol–water partition coefficient (Wildman–Crippen LogP) is 0.988. The van der Waals surface area contributed by atoms with Gasteiger partial charge in [0.25, 0.3) is 0 Å². The van der Waals surface area contributed by atoms with Gasteiger partial charge in [-0.2, -0.15) is 4.98 Å². The van der Waals surface area contributed by atoms with Gasteiger partial charge in [0.05, 0.1) is 6.54 Å². The third-order valence-corrected chi connectivity index (χ3v) is 3.78. The van der Waals surface area contributed by atoms with E-state index < -0.39 is 0 Å². The molecule has 17 heavy (non-hydrogen) atoms. The van der Waals surface area contributed by atoms with Crippen LogP contribution in [0.5, 0.6) is 0 Å². The molecule has 0 amide bonds. The highest BCUT2D eigenvalue weighted by molar-refractivity contribution is 4.99. The standard InChI is InChI=1S/C12H20N4O/c1-9(10-2-3-10)12-14-11(15-17-12)8-16-6-4-13-5-7-16/h9-10,13H,2-8H2,1H3. The minimum absolute atomic E-state index is 0.444. The summed E-state index contributed by atoms with van der Waals surface area (Å²) in [4.78, 5) is 6.89. The Balaban J connectivity index is 1.59. The van der Waals surface area contributed by atoms with Crippen molar-refractivity contribution in [1.82, 2.24) is 20.4 Å². The Bertz CT molecular complexity index is 368. The monoisotopic (exact) mass is 236 g/mol. The van der Waals surface area contributed by atoms with E-state index in [1.165, 1.54) is 12.8 Å². The molecule has 3 rings (SSSR count). The first-order valence-corrected chi connectivity index (χ1v) is 6.58. The molecule has 1 aliphatic heterocycles. The zero-order valence-electron chi connectivity index (χ0n) is 10.4. The van der Waals surface area contributed by atoms with Crippen LogP contribution in [0, 0.1) is 5.92 Å². The second-order valence-electron chi connectivity index (χ2n) is 5.20. The molecule has 1 atom stereocenters. The highest BCUT2D eigenvalue weighted by Crippen LogP contribution is 2.41. The number of nitrogens with zero attached hydrogens (tertiary/aromatic N) is 3. The lowest BCUT2D eigenvalue weighted by Crippen LogP contribution is -2.43. The van der Waals surface area contributed by atoms with Crippen molar-refractivity contribution in [2.45, 2.75) is 32.2 Å². The van der Waals surface area contributed by atoms with Gasteiger partial charge in [0, 0.05) is 32.1 Å². The Hall–Kier alpha value is -0.940. The van der Waals surface area contributed by atoms with Crippen LogP contribution in [0.1, 0.15) is 37.4 Å². The van der Waals surface area contributed by atoms with Gasteiger partial charge in [-0.05, 0) is 18.8 Å². The first kappa shape index (κ1) is 11.2. The summed E-state index contributed by atoms with van der Waals surface area (Å²) in [5.41, 5.74) is 0. The van der Waals surface area contributed by atoms with Crippen molar-refractivity contribution in [2.24, 2.45) is 5.92 Å². The molecule has 0 bridgehead atoms. The van der Waals surface area contributed by atoms with Gasteiger partial charge in [-0.1, -0.05) is 12.1 Å². The van der Waals surface area contributed by atoms with Crippen molar-refractivity contribution in [3.8, 4) is 0 Å². The molecule has 5 nitrogen and oxygen atoms in total. The Morgan fingerprint density at radius 1 is 1.41 bits per heavy atom. The molecule has 1 aromatic heterocycles. The summed E-state index contributed by atoms with van der Waals surface area (Å²) in [6.07, 6.45) is 2.63. The molecule has 1 aromatic rings. The van der Waals surface area contributed by atoms with Gasteiger partial charge < -0.3 is 9.84 Å². The highest BCUT2D eigenvalue weighted by Gasteiger charge is 2.32. The van der Waals surface area contributed by atoms with Gasteiger partial charge in [0.15, 0.2) is 5.82 Å². The highest BCUT2D eigenvalue weighted by atomic mass is 16.5. The molecule has 2 heterocycles. The molecule has 1 unspecified atom stereocenters. The molecule has 1 saturated carbocycles. The molecule has 5 heteroatoms. The summed E-state index contributed by atoms with van der Waals surface area (Å²) in [6, 6.07) is 0. The van der Waals surface area contributed by atoms with Gasteiger partial charge in [0.1, 0.15) is 0 Å². The summed E-state index contributed by atoms with van der Waals surface area (Å²) in [5.74, 6) is 2.90. The number of hydrogen-bond donors (Lipinski definition) is 1. The third-order valence-electron chi connectivity index (χ3n) is 3.78. The van der Waals surface area contributed by atoms with E-state index in [1.54, 1.807) is 0 Å². The number of piperazine rings is 1. The van der Waals surface area contributed by atoms with Crippen LogP contribution in [-0.2, 0) is 6.54 Å². The number of aromatic nitrogens is 2. The van der Waals surface area contributed by atoms with E-state index in [9.17, 15) is 0 Å². The van der Waals surface area contributed by atoms with Crippen molar-refractivity contribution in [1.29, 1.82) is 0 Å². The molecule has 1 saturated heterocycles. The fourth-order valence-corrected chi connectivity index (χ4v) is 2.38. The fourth-order valence-electron chi connectivity index (χ4n) is 2.38. The van der Waals surface area contributed by atoms with E-state index in [-0.39, 0.29) is 0 Å². The van der Waals surface area contributed by atoms with E-state index in [0.29, 0.717) is 5.92 Å². The van der Waals surface area contributed by atoms with E-state index in [0.717, 1.165) is 50.4 Å². The summed E-state index contributed by atoms with van der Waals surface area (Å²) in [5, 5.41) is 7.43. The summed E-state index contributed by atoms with van der Waals surface area (Å²) in [7, 11) is 0. The lowest BCUT2D eigenvalue weighted by molar-refractivity contribution is 0.224. The van der Waals surface area contributed by atoms with Crippen molar-refractivity contribution < 1.29 is 4.52 Å². The summed E-state index contributed by atoms with van der Waals surface area (Å²) in [6.45, 7) is 7.28. The molecule has 1 aliphatic carbocycles. The molecule has 0 spiro atoms. The van der Waals surface area contributed by atoms with Gasteiger partial charge in [-0.3, -0.25) is 4.90 Å². The number of rotatable bonds is 4. The molecule has 94 valence electrons. The van der Waals surface area contributed by atoms with Crippen LogP contribution in [0.3, 0.4) is 0 Å². The van der Waals surface area contributed by atoms with Crippen LogP contribution in [0.4, 0.5) is 0 Å². The van der Waals surface area contributed by atoms with Crippen LogP contribution < -0.4 is 5.32 Å². The van der Waals surface area contributed by atoms with Crippen LogP contribution >= 0.6 is 0 Å². The minimum atomic E-state index is 0.444. The topological polar surface area (TPSA) is 54.2 Å². The average Bonchev–Trinajstić information content (AvgIpc) is 3.11. The first-order valence-electron chi connectivity index (χ1n) is 6.58. The Morgan fingerprint density at radius 2 is 2.18 bits per heavy atom. The normalized spacial score (nSPS) is 23.8. The SMILES string of the molecule is CC(c1nc(CN2CCNCC2)no1)C1CC1. The zero-order chi connectivity index (χ0) is 11.7. The summed E-state index contributed by atoms with van der Waals surface area (Å²) >= 11 is 0. The predicted molar refractivity (Wildman–Crippen MR) is 63.6 cm³/mol. The lowest BCUT2D eigenvalue weighted by atomic mass is 10.1. The average molecular weight is 236 g/mol. The van der Waals surface area contributed by atoms with Crippen LogP contribution in [0.2, 0.25) is 0 Å². The minimum Gasteiger partial charge on any atom is -0.339 e. The second-order valence-corrected chi connectivity index (χ2v) is 5.20. The van der Waals surface area contributed by atoms with Gasteiger partial charge in [-0.15, -0.1) is 0 Å². The van der Waals surface area contributed by atoms with Crippen molar-refractivity contribution in [3.05, 3.63) is 11.7 Å². The Kier molecular flexibility index (Phi) is 3.11. The molecular weight excluding hydrogens is 216 g/mol. The van der Waals surface area contributed by atoms with Gasteiger partial charge in [-0.25, -0.2) is 0 Å². The molecule has 1 N–H and O–H groups in total. The Morgan fingerprint density at radius 3 is 2.88 bits per heavy atom. The zero-order valence-corrected chi connectivity index (χ0v) is 10.4. The van der Waals surface area contributed by atoms with Gasteiger partial charge >= 0.3 is 0 Å². The van der Waals surface area contributed by atoms with Crippen molar-refractivity contribution >= 4 is 0 Å². The Labute approximate surface area is 102 Å².